The third kappa shape index (κ3) is 7.47. The van der Waals surface area contributed by atoms with Crippen LogP contribution in [0.1, 0.15) is 0 Å². The van der Waals surface area contributed by atoms with Crippen molar-refractivity contribution in [2.75, 3.05) is 37.7 Å². The molecule has 0 unspecified atom stereocenters. The van der Waals surface area contributed by atoms with E-state index in [1.54, 1.807) is 0 Å². The average Bonchev–Trinajstić information content (AvgIpc) is 2.37. The highest BCUT2D eigenvalue weighted by atomic mass is 32.2. The highest BCUT2D eigenvalue weighted by molar-refractivity contribution is 7.99. The number of urea groups is 1. The van der Waals surface area contributed by atoms with E-state index in [1.807, 2.05) is 17.1 Å². The summed E-state index contributed by atoms with van der Waals surface area (Å²) < 4.78 is 0. The summed E-state index contributed by atoms with van der Waals surface area (Å²) in [6.45, 7) is 3.21. The Labute approximate surface area is 115 Å². The lowest BCUT2D eigenvalue weighted by molar-refractivity contribution is -0.131. The molecule has 1 fully saturated rings. The van der Waals surface area contributed by atoms with Gasteiger partial charge in [0.05, 0.1) is 0 Å². The van der Waals surface area contributed by atoms with E-state index in [0.29, 0.717) is 12.6 Å². The number of amides is 3. The molecule has 1 heterocycles. The summed E-state index contributed by atoms with van der Waals surface area (Å²) in [6, 6.07) is -0.619. The summed E-state index contributed by atoms with van der Waals surface area (Å²) in [7, 11) is 0. The summed E-state index contributed by atoms with van der Waals surface area (Å²) >= 11 is 1.91. The predicted molar refractivity (Wildman–Crippen MR) is 72.1 cm³/mol. The van der Waals surface area contributed by atoms with Gasteiger partial charge < -0.3 is 10.4 Å². The minimum atomic E-state index is -1.24. The molecule has 0 aliphatic carbocycles. The Bertz CT molecular complexity index is 367. The Morgan fingerprint density at radius 2 is 1.89 bits per heavy atom. The quantitative estimate of drug-likeness (QED) is 0.590. The summed E-state index contributed by atoms with van der Waals surface area (Å²) in [5.74, 6) is 0.211. The molecule has 0 radical (unpaired) electrons. The number of carboxylic acid groups (broad SMARTS) is 1. The summed E-state index contributed by atoms with van der Waals surface area (Å²) in [4.78, 5) is 34.8. The Hall–Kier alpha value is -1.54. The number of hydrogen-bond acceptors (Lipinski definition) is 5. The topological polar surface area (TPSA) is 98.7 Å². The first-order valence-electron chi connectivity index (χ1n) is 5.88. The van der Waals surface area contributed by atoms with Gasteiger partial charge >= 0.3 is 12.0 Å². The number of carbonyl (C=O) groups is 3. The Morgan fingerprint density at radius 3 is 2.53 bits per heavy atom. The van der Waals surface area contributed by atoms with Crippen LogP contribution in [0.4, 0.5) is 4.79 Å². The van der Waals surface area contributed by atoms with Gasteiger partial charge in [-0.2, -0.15) is 11.8 Å². The minimum Gasteiger partial charge on any atom is -0.478 e. The van der Waals surface area contributed by atoms with Gasteiger partial charge in [-0.3, -0.25) is 15.0 Å². The van der Waals surface area contributed by atoms with Gasteiger partial charge in [0, 0.05) is 49.8 Å². The van der Waals surface area contributed by atoms with E-state index < -0.39 is 17.9 Å². The van der Waals surface area contributed by atoms with Crippen molar-refractivity contribution in [3.63, 3.8) is 0 Å². The molecule has 0 bridgehead atoms. The molecule has 106 valence electrons. The number of carboxylic acids is 1. The largest absolute Gasteiger partial charge is 0.478 e. The van der Waals surface area contributed by atoms with Gasteiger partial charge in [0.2, 0.25) is 0 Å². The molecule has 0 aromatic carbocycles. The van der Waals surface area contributed by atoms with Crippen LogP contribution in [0.2, 0.25) is 0 Å². The molecule has 8 heteroatoms. The van der Waals surface area contributed by atoms with Crippen LogP contribution in [0, 0.1) is 0 Å². The zero-order chi connectivity index (χ0) is 14.1. The van der Waals surface area contributed by atoms with Crippen LogP contribution in [0.5, 0.6) is 0 Å². The number of rotatable bonds is 5. The second-order valence-corrected chi connectivity index (χ2v) is 5.10. The van der Waals surface area contributed by atoms with Crippen molar-refractivity contribution >= 4 is 29.7 Å². The molecule has 0 aromatic heterocycles. The first-order chi connectivity index (χ1) is 9.08. The summed E-state index contributed by atoms with van der Waals surface area (Å²) in [5.41, 5.74) is 0. The SMILES string of the molecule is O=C(O)/C=C/C(=O)NC(=O)NCCN1CCSCC1. The fraction of sp³-hybridized carbons (Fsp3) is 0.545. The van der Waals surface area contributed by atoms with Crippen molar-refractivity contribution in [2.24, 2.45) is 0 Å². The highest BCUT2D eigenvalue weighted by Gasteiger charge is 2.10. The van der Waals surface area contributed by atoms with Crippen molar-refractivity contribution in [3.05, 3.63) is 12.2 Å². The van der Waals surface area contributed by atoms with Gasteiger partial charge in [-0.1, -0.05) is 0 Å². The number of thioether (sulfide) groups is 1. The molecular formula is C11H17N3O4S. The molecule has 1 aliphatic rings. The van der Waals surface area contributed by atoms with E-state index in [-0.39, 0.29) is 0 Å². The maximum absolute atomic E-state index is 11.3. The van der Waals surface area contributed by atoms with Crippen LogP contribution in [-0.4, -0.2) is 65.6 Å². The van der Waals surface area contributed by atoms with Crippen LogP contribution in [0.25, 0.3) is 0 Å². The Kier molecular flexibility index (Phi) is 6.98. The number of carbonyl (C=O) groups excluding carboxylic acids is 2. The van der Waals surface area contributed by atoms with Crippen molar-refractivity contribution in [1.29, 1.82) is 0 Å². The first-order valence-corrected chi connectivity index (χ1v) is 7.03. The molecule has 0 aromatic rings. The molecule has 7 nitrogen and oxygen atoms in total. The van der Waals surface area contributed by atoms with Crippen LogP contribution >= 0.6 is 11.8 Å². The molecule has 19 heavy (non-hydrogen) atoms. The summed E-state index contributed by atoms with van der Waals surface area (Å²) in [6.07, 6.45) is 1.47. The monoisotopic (exact) mass is 287 g/mol. The lowest BCUT2D eigenvalue weighted by Gasteiger charge is -2.25. The maximum atomic E-state index is 11.3. The molecule has 3 N–H and O–H groups in total. The smallest absolute Gasteiger partial charge is 0.328 e. The standard InChI is InChI=1S/C11H17N3O4S/c15-9(1-2-10(16)17)13-11(18)12-3-4-14-5-7-19-8-6-14/h1-2H,3-8H2,(H,16,17)(H2,12,13,15,18)/b2-1+. The van der Waals surface area contributed by atoms with E-state index in [0.717, 1.165) is 37.2 Å². The van der Waals surface area contributed by atoms with E-state index in [9.17, 15) is 14.4 Å². The van der Waals surface area contributed by atoms with Gasteiger partial charge in [-0.05, 0) is 0 Å². The van der Waals surface area contributed by atoms with Crippen LogP contribution in [0.15, 0.2) is 12.2 Å². The van der Waals surface area contributed by atoms with Crippen molar-refractivity contribution < 1.29 is 19.5 Å². The Balaban J connectivity index is 2.13. The lowest BCUT2D eigenvalue weighted by Crippen LogP contribution is -2.43. The fourth-order valence-corrected chi connectivity index (χ4v) is 2.48. The number of nitrogens with one attached hydrogen (secondary N) is 2. The first kappa shape index (κ1) is 15.5. The molecule has 1 rings (SSSR count). The van der Waals surface area contributed by atoms with Crippen LogP contribution in [0.3, 0.4) is 0 Å². The predicted octanol–water partition coefficient (Wildman–Crippen LogP) is -0.498. The zero-order valence-corrected chi connectivity index (χ0v) is 11.2. The lowest BCUT2D eigenvalue weighted by atomic mass is 10.4. The second kappa shape index (κ2) is 8.54. The average molecular weight is 287 g/mol. The second-order valence-electron chi connectivity index (χ2n) is 3.87. The van der Waals surface area contributed by atoms with Gasteiger partial charge in [-0.15, -0.1) is 0 Å². The van der Waals surface area contributed by atoms with Gasteiger partial charge in [-0.25, -0.2) is 9.59 Å². The van der Waals surface area contributed by atoms with E-state index in [2.05, 4.69) is 10.2 Å². The van der Waals surface area contributed by atoms with Gasteiger partial charge in [0.1, 0.15) is 0 Å². The number of nitrogens with zero attached hydrogens (tertiary/aromatic N) is 1. The number of hydrogen-bond donors (Lipinski definition) is 3. The third-order valence-electron chi connectivity index (χ3n) is 2.43. The Morgan fingerprint density at radius 1 is 1.21 bits per heavy atom. The van der Waals surface area contributed by atoms with Crippen LogP contribution in [-0.2, 0) is 9.59 Å². The maximum Gasteiger partial charge on any atom is 0.328 e. The van der Waals surface area contributed by atoms with Crippen molar-refractivity contribution in [3.8, 4) is 0 Å². The van der Waals surface area contributed by atoms with E-state index in [1.165, 1.54) is 0 Å². The number of aliphatic carboxylic acids is 1. The third-order valence-corrected chi connectivity index (χ3v) is 3.37. The molecule has 3 amide bonds. The minimum absolute atomic E-state index is 0.451. The molecule has 0 spiro atoms. The molecule has 1 saturated heterocycles. The fourth-order valence-electron chi connectivity index (χ4n) is 1.50. The molecular weight excluding hydrogens is 270 g/mol. The van der Waals surface area contributed by atoms with Crippen LogP contribution < -0.4 is 10.6 Å². The highest BCUT2D eigenvalue weighted by Crippen LogP contribution is 2.07. The molecule has 1 aliphatic heterocycles. The molecule has 0 atom stereocenters. The van der Waals surface area contributed by atoms with Crippen molar-refractivity contribution in [1.82, 2.24) is 15.5 Å². The van der Waals surface area contributed by atoms with Crippen molar-refractivity contribution in [2.45, 2.75) is 0 Å². The van der Waals surface area contributed by atoms with E-state index in [4.69, 9.17) is 5.11 Å². The van der Waals surface area contributed by atoms with E-state index >= 15 is 0 Å². The number of imide groups is 1. The zero-order valence-electron chi connectivity index (χ0n) is 10.4. The summed E-state index contributed by atoms with van der Waals surface area (Å²) in [5, 5.41) is 12.9. The van der Waals surface area contributed by atoms with Gasteiger partial charge in [0.25, 0.3) is 5.91 Å². The molecule has 0 saturated carbocycles. The van der Waals surface area contributed by atoms with Gasteiger partial charge in [0.15, 0.2) is 0 Å². The normalized spacial score (nSPS) is 16.2.